The number of alkyl halides is 3. The van der Waals surface area contributed by atoms with Crippen LogP contribution in [0.3, 0.4) is 0 Å². The summed E-state index contributed by atoms with van der Waals surface area (Å²) >= 11 is 0. The number of hydrazine groups is 1. The monoisotopic (exact) mass is 278 g/mol. The van der Waals surface area contributed by atoms with Gasteiger partial charge in [-0.15, -0.1) is 0 Å². The molecule has 2 N–H and O–H groups in total. The van der Waals surface area contributed by atoms with Crippen LogP contribution in [0.2, 0.25) is 0 Å². The predicted molar refractivity (Wildman–Crippen MR) is 62.7 cm³/mol. The summed E-state index contributed by atoms with van der Waals surface area (Å²) in [6.45, 7) is 3.32. The molecule has 1 aliphatic carbocycles. The number of allylic oxidation sites excluding steroid dienone is 2. The van der Waals surface area contributed by atoms with Gasteiger partial charge in [0.15, 0.2) is 0 Å². The van der Waals surface area contributed by atoms with Crippen LogP contribution in [-0.2, 0) is 9.59 Å². The normalized spacial score (nSPS) is 16.5. The molecule has 0 fully saturated rings. The van der Waals surface area contributed by atoms with Crippen molar-refractivity contribution in [3.63, 3.8) is 0 Å². The van der Waals surface area contributed by atoms with Gasteiger partial charge < -0.3 is 5.43 Å². The molecule has 0 unspecified atom stereocenters. The molecule has 0 aromatic carbocycles. The van der Waals surface area contributed by atoms with E-state index < -0.39 is 12.0 Å². The quantitative estimate of drug-likeness (QED) is 0.775. The molecule has 0 aromatic heterocycles. The molecule has 7 heteroatoms. The van der Waals surface area contributed by atoms with E-state index in [1.807, 2.05) is 0 Å². The number of carbonyl (C=O) groups is 2. The van der Waals surface area contributed by atoms with Gasteiger partial charge in [-0.05, 0) is 25.7 Å². The minimum absolute atomic E-state index is 0.0816. The molecule has 19 heavy (non-hydrogen) atoms. The van der Waals surface area contributed by atoms with Gasteiger partial charge in [0.1, 0.15) is 0 Å². The molecule has 0 aromatic rings. The molecule has 0 saturated carbocycles. The lowest BCUT2D eigenvalue weighted by Crippen LogP contribution is -2.41. The van der Waals surface area contributed by atoms with Gasteiger partial charge in [0.25, 0.3) is 5.78 Å². The maximum Gasteiger partial charge on any atom is 0.454 e. The van der Waals surface area contributed by atoms with Gasteiger partial charge in [-0.25, -0.2) is 0 Å². The fraction of sp³-hybridized carbons (Fsp3) is 0.667. The third-order valence-corrected chi connectivity index (χ3v) is 2.86. The predicted octanol–water partition coefficient (Wildman–Crippen LogP) is 2.22. The van der Waals surface area contributed by atoms with E-state index in [-0.39, 0.29) is 29.5 Å². The molecular weight excluding hydrogens is 261 g/mol. The molecule has 1 rings (SSSR count). The number of ketones is 1. The Hall–Kier alpha value is -1.53. The maximum atomic E-state index is 12.4. The second kappa shape index (κ2) is 6.08. The highest BCUT2D eigenvalue weighted by Gasteiger charge is 2.42. The zero-order valence-electron chi connectivity index (χ0n) is 10.9. The lowest BCUT2D eigenvalue weighted by Gasteiger charge is -2.22. The Morgan fingerprint density at radius 3 is 2.26 bits per heavy atom. The van der Waals surface area contributed by atoms with E-state index in [0.29, 0.717) is 19.3 Å². The summed E-state index contributed by atoms with van der Waals surface area (Å²) in [6.07, 6.45) is -3.23. The van der Waals surface area contributed by atoms with Crippen LogP contribution in [-0.4, -0.2) is 17.9 Å². The molecule has 108 valence electrons. The van der Waals surface area contributed by atoms with Crippen molar-refractivity contribution in [2.45, 2.75) is 45.7 Å². The van der Waals surface area contributed by atoms with E-state index in [1.54, 1.807) is 13.8 Å². The summed E-state index contributed by atoms with van der Waals surface area (Å²) in [6, 6.07) is 0. The average Bonchev–Trinajstić information content (AvgIpc) is 2.34. The van der Waals surface area contributed by atoms with Crippen molar-refractivity contribution in [1.82, 2.24) is 10.9 Å². The van der Waals surface area contributed by atoms with Gasteiger partial charge in [0.05, 0.1) is 0 Å². The largest absolute Gasteiger partial charge is 0.454 e. The summed E-state index contributed by atoms with van der Waals surface area (Å²) in [5, 5.41) is 0. The van der Waals surface area contributed by atoms with Crippen molar-refractivity contribution in [3.05, 3.63) is 11.3 Å². The molecule has 0 aliphatic heterocycles. The van der Waals surface area contributed by atoms with Gasteiger partial charge in [0, 0.05) is 17.2 Å². The number of rotatable bonds is 4. The lowest BCUT2D eigenvalue weighted by atomic mass is 9.93. The van der Waals surface area contributed by atoms with Crippen LogP contribution in [0.15, 0.2) is 11.3 Å². The molecular formula is C12H17F3N2O2. The molecule has 1 aliphatic rings. The molecule has 0 atom stereocenters. The highest BCUT2D eigenvalue weighted by atomic mass is 19.4. The van der Waals surface area contributed by atoms with Crippen molar-refractivity contribution >= 4 is 11.7 Å². The first kappa shape index (κ1) is 15.5. The third-order valence-electron chi connectivity index (χ3n) is 2.86. The van der Waals surface area contributed by atoms with Crippen LogP contribution >= 0.6 is 0 Å². The fourth-order valence-electron chi connectivity index (χ4n) is 1.75. The Bertz CT molecular complexity index is 400. The fourth-order valence-corrected chi connectivity index (χ4v) is 1.75. The summed E-state index contributed by atoms with van der Waals surface area (Å²) in [5.41, 5.74) is 4.68. The van der Waals surface area contributed by atoms with Gasteiger partial charge in [0.2, 0.25) is 5.91 Å². The van der Waals surface area contributed by atoms with Gasteiger partial charge in [-0.2, -0.15) is 13.2 Å². The van der Waals surface area contributed by atoms with Gasteiger partial charge in [-0.1, -0.05) is 13.8 Å². The first-order chi connectivity index (χ1) is 8.73. The molecule has 0 heterocycles. The zero-order valence-corrected chi connectivity index (χ0v) is 10.9. The summed E-state index contributed by atoms with van der Waals surface area (Å²) in [5.74, 6) is -2.45. The van der Waals surface area contributed by atoms with E-state index >= 15 is 0 Å². The second-order valence-corrected chi connectivity index (χ2v) is 4.76. The van der Waals surface area contributed by atoms with Crippen molar-refractivity contribution in [2.24, 2.45) is 5.92 Å². The second-order valence-electron chi connectivity index (χ2n) is 4.76. The standard InChI is InChI=1S/C12H17F3N2O2/c1-7(2)11(19)17-16-9-6-4-3-5-8(9)10(18)12(13,14)15/h7,16H,3-6H2,1-2H3,(H,17,19). The van der Waals surface area contributed by atoms with E-state index in [2.05, 4.69) is 10.9 Å². The van der Waals surface area contributed by atoms with E-state index in [0.717, 1.165) is 0 Å². The summed E-state index contributed by atoms with van der Waals surface area (Å²) in [7, 11) is 0. The number of Topliss-reactive ketones (excluding diaryl/α,β-unsaturated/α-hetero) is 1. The number of amides is 1. The van der Waals surface area contributed by atoms with Crippen LogP contribution in [0.25, 0.3) is 0 Å². The molecule has 1 amide bonds. The molecule has 0 radical (unpaired) electrons. The Morgan fingerprint density at radius 2 is 1.74 bits per heavy atom. The Labute approximate surface area is 109 Å². The number of nitrogens with one attached hydrogen (secondary N) is 2. The van der Waals surface area contributed by atoms with Crippen molar-refractivity contribution in [2.75, 3.05) is 0 Å². The first-order valence-electron chi connectivity index (χ1n) is 6.13. The zero-order chi connectivity index (χ0) is 14.6. The molecule has 0 spiro atoms. The van der Waals surface area contributed by atoms with Crippen LogP contribution in [0.1, 0.15) is 39.5 Å². The van der Waals surface area contributed by atoms with Crippen LogP contribution < -0.4 is 10.9 Å². The maximum absolute atomic E-state index is 12.4. The molecule has 4 nitrogen and oxygen atoms in total. The van der Waals surface area contributed by atoms with E-state index in [1.165, 1.54) is 0 Å². The van der Waals surface area contributed by atoms with Gasteiger partial charge >= 0.3 is 6.18 Å². The number of hydrogen-bond acceptors (Lipinski definition) is 3. The van der Waals surface area contributed by atoms with Crippen molar-refractivity contribution < 1.29 is 22.8 Å². The number of hydrogen-bond donors (Lipinski definition) is 2. The minimum atomic E-state index is -4.87. The smallest absolute Gasteiger partial charge is 0.302 e. The third kappa shape index (κ3) is 4.25. The van der Waals surface area contributed by atoms with Gasteiger partial charge in [-0.3, -0.25) is 15.0 Å². The highest BCUT2D eigenvalue weighted by molar-refractivity contribution is 6.00. The topological polar surface area (TPSA) is 58.2 Å². The Kier molecular flexibility index (Phi) is 4.97. The average molecular weight is 278 g/mol. The van der Waals surface area contributed by atoms with Crippen molar-refractivity contribution in [3.8, 4) is 0 Å². The van der Waals surface area contributed by atoms with E-state index in [9.17, 15) is 22.8 Å². The summed E-state index contributed by atoms with van der Waals surface area (Å²) in [4.78, 5) is 22.6. The Morgan fingerprint density at radius 1 is 1.16 bits per heavy atom. The minimum Gasteiger partial charge on any atom is -0.302 e. The first-order valence-corrected chi connectivity index (χ1v) is 6.13. The lowest BCUT2D eigenvalue weighted by molar-refractivity contribution is -0.166. The molecule has 0 bridgehead atoms. The highest BCUT2D eigenvalue weighted by Crippen LogP contribution is 2.29. The Balaban J connectivity index is 2.83. The van der Waals surface area contributed by atoms with Crippen molar-refractivity contribution in [1.29, 1.82) is 0 Å². The molecule has 0 saturated heterocycles. The number of carbonyl (C=O) groups excluding carboxylic acids is 2. The van der Waals surface area contributed by atoms with Crippen LogP contribution in [0, 0.1) is 5.92 Å². The summed E-state index contributed by atoms with van der Waals surface area (Å²) < 4.78 is 37.3. The number of halogens is 3. The van der Waals surface area contributed by atoms with Crippen LogP contribution in [0.4, 0.5) is 13.2 Å². The van der Waals surface area contributed by atoms with Crippen LogP contribution in [0.5, 0.6) is 0 Å². The van der Waals surface area contributed by atoms with E-state index in [4.69, 9.17) is 0 Å². The SMILES string of the molecule is CC(C)C(=O)NNC1=C(C(=O)C(F)(F)F)CCCC1.